The predicted octanol–water partition coefficient (Wildman–Crippen LogP) is 3.17. The molecular weight excluding hydrogens is 422 g/mol. The van der Waals surface area contributed by atoms with Crippen molar-refractivity contribution in [2.24, 2.45) is 0 Å². The molecule has 0 aliphatic rings. The van der Waals surface area contributed by atoms with Gasteiger partial charge in [0.15, 0.2) is 0 Å². The average Bonchev–Trinajstić information content (AvgIpc) is 2.72. The zero-order valence-electron chi connectivity index (χ0n) is 15.3. The maximum Gasteiger partial charge on any atom is 0.272 e. The fraction of sp³-hybridized carbons (Fsp3) is 0.190. The highest BCUT2D eigenvalue weighted by Gasteiger charge is 2.19. The maximum atomic E-state index is 12.9. The van der Waals surface area contributed by atoms with E-state index in [4.69, 9.17) is 4.74 Å². The van der Waals surface area contributed by atoms with Gasteiger partial charge in [0, 0.05) is 17.6 Å². The standard InChI is InChI=1S/C21H20BrN3O3/c1-28-14-13-25-19(26)12-11-18(24-25)21(27)23-20(15-5-3-2-4-6-15)16-7-9-17(22)10-8-16/h2-12,20H,13-14H2,1H3,(H,23,27). The first-order chi connectivity index (χ1) is 13.6. The third-order valence-electron chi connectivity index (χ3n) is 4.22. The first-order valence-electron chi connectivity index (χ1n) is 8.77. The fourth-order valence-electron chi connectivity index (χ4n) is 2.77. The van der Waals surface area contributed by atoms with Crippen LogP contribution >= 0.6 is 15.9 Å². The number of rotatable bonds is 7. The van der Waals surface area contributed by atoms with Gasteiger partial charge in [0.05, 0.1) is 19.2 Å². The summed E-state index contributed by atoms with van der Waals surface area (Å²) in [6.07, 6.45) is 0. The molecule has 1 atom stereocenters. The highest BCUT2D eigenvalue weighted by Crippen LogP contribution is 2.24. The predicted molar refractivity (Wildman–Crippen MR) is 110 cm³/mol. The molecule has 28 heavy (non-hydrogen) atoms. The Morgan fingerprint density at radius 2 is 1.75 bits per heavy atom. The van der Waals surface area contributed by atoms with Crippen LogP contribution in [0.25, 0.3) is 0 Å². The maximum absolute atomic E-state index is 12.9. The van der Waals surface area contributed by atoms with Crippen LogP contribution in [0.3, 0.4) is 0 Å². The third kappa shape index (κ3) is 4.94. The van der Waals surface area contributed by atoms with Gasteiger partial charge in [-0.2, -0.15) is 5.10 Å². The average molecular weight is 442 g/mol. The van der Waals surface area contributed by atoms with Crippen molar-refractivity contribution >= 4 is 21.8 Å². The van der Waals surface area contributed by atoms with Gasteiger partial charge in [-0.15, -0.1) is 0 Å². The van der Waals surface area contributed by atoms with Crippen molar-refractivity contribution in [1.29, 1.82) is 0 Å². The molecule has 1 N–H and O–H groups in total. The topological polar surface area (TPSA) is 73.2 Å². The summed E-state index contributed by atoms with van der Waals surface area (Å²) in [7, 11) is 1.55. The monoisotopic (exact) mass is 441 g/mol. The van der Waals surface area contributed by atoms with Gasteiger partial charge in [-0.3, -0.25) is 9.59 Å². The molecule has 0 spiro atoms. The fourth-order valence-corrected chi connectivity index (χ4v) is 3.04. The van der Waals surface area contributed by atoms with E-state index in [2.05, 4.69) is 26.3 Å². The summed E-state index contributed by atoms with van der Waals surface area (Å²) in [5.41, 5.74) is 1.79. The van der Waals surface area contributed by atoms with E-state index in [1.807, 2.05) is 54.6 Å². The van der Waals surface area contributed by atoms with Crippen LogP contribution in [-0.4, -0.2) is 29.4 Å². The van der Waals surface area contributed by atoms with E-state index in [1.165, 1.54) is 16.8 Å². The molecule has 0 radical (unpaired) electrons. The number of carbonyl (C=O) groups is 1. The van der Waals surface area contributed by atoms with E-state index < -0.39 is 0 Å². The number of nitrogens with one attached hydrogen (secondary N) is 1. The Labute approximate surface area is 171 Å². The molecule has 0 bridgehead atoms. The number of ether oxygens (including phenoxy) is 1. The lowest BCUT2D eigenvalue weighted by atomic mass is 9.98. The molecule has 6 nitrogen and oxygen atoms in total. The zero-order chi connectivity index (χ0) is 19.9. The smallest absolute Gasteiger partial charge is 0.272 e. The minimum absolute atomic E-state index is 0.175. The molecule has 0 saturated carbocycles. The molecule has 1 heterocycles. The molecular formula is C21H20BrN3O3. The third-order valence-corrected chi connectivity index (χ3v) is 4.75. The lowest BCUT2D eigenvalue weighted by Crippen LogP contribution is -2.33. The molecule has 3 aromatic rings. The molecule has 7 heteroatoms. The quantitative estimate of drug-likeness (QED) is 0.610. The van der Waals surface area contributed by atoms with Crippen molar-refractivity contribution in [2.45, 2.75) is 12.6 Å². The van der Waals surface area contributed by atoms with E-state index in [9.17, 15) is 9.59 Å². The second-order valence-electron chi connectivity index (χ2n) is 6.14. The molecule has 144 valence electrons. The van der Waals surface area contributed by atoms with Crippen LogP contribution in [0.15, 0.2) is 76.0 Å². The number of amides is 1. The van der Waals surface area contributed by atoms with Crippen LogP contribution in [0, 0.1) is 0 Å². The minimum Gasteiger partial charge on any atom is -0.383 e. The summed E-state index contributed by atoms with van der Waals surface area (Å²) >= 11 is 3.43. The summed E-state index contributed by atoms with van der Waals surface area (Å²) in [6, 6.07) is 19.9. The van der Waals surface area contributed by atoms with Gasteiger partial charge in [-0.05, 0) is 29.3 Å². The van der Waals surface area contributed by atoms with Crippen molar-refractivity contribution in [3.05, 3.63) is 98.4 Å². The number of nitrogens with zero attached hydrogens (tertiary/aromatic N) is 2. The number of benzene rings is 2. The van der Waals surface area contributed by atoms with Crippen molar-refractivity contribution in [3.8, 4) is 0 Å². The summed E-state index contributed by atoms with van der Waals surface area (Å²) in [4.78, 5) is 24.8. The van der Waals surface area contributed by atoms with Crippen LogP contribution in [0.5, 0.6) is 0 Å². The van der Waals surface area contributed by atoms with Gasteiger partial charge in [0.1, 0.15) is 5.69 Å². The van der Waals surface area contributed by atoms with E-state index in [0.717, 1.165) is 15.6 Å². The van der Waals surface area contributed by atoms with Gasteiger partial charge < -0.3 is 10.1 Å². The molecule has 1 unspecified atom stereocenters. The van der Waals surface area contributed by atoms with Crippen molar-refractivity contribution in [3.63, 3.8) is 0 Å². The highest BCUT2D eigenvalue weighted by atomic mass is 79.9. The summed E-state index contributed by atoms with van der Waals surface area (Å²) in [5, 5.41) is 7.19. The molecule has 3 rings (SSSR count). The number of hydrogen-bond acceptors (Lipinski definition) is 4. The zero-order valence-corrected chi connectivity index (χ0v) is 16.9. The van der Waals surface area contributed by atoms with Crippen molar-refractivity contribution in [1.82, 2.24) is 15.1 Å². The van der Waals surface area contributed by atoms with Crippen LogP contribution < -0.4 is 10.9 Å². The number of methoxy groups -OCH3 is 1. The van der Waals surface area contributed by atoms with E-state index in [1.54, 1.807) is 7.11 Å². The Morgan fingerprint density at radius 3 is 2.43 bits per heavy atom. The lowest BCUT2D eigenvalue weighted by Gasteiger charge is -2.20. The van der Waals surface area contributed by atoms with Crippen LogP contribution in [0.2, 0.25) is 0 Å². The molecule has 0 aliphatic carbocycles. The molecule has 1 aromatic heterocycles. The van der Waals surface area contributed by atoms with E-state index >= 15 is 0 Å². The Kier molecular flexibility index (Phi) is 6.73. The summed E-state index contributed by atoms with van der Waals surface area (Å²) in [5.74, 6) is -0.358. The molecule has 1 amide bonds. The Hall–Kier alpha value is -2.77. The van der Waals surface area contributed by atoms with Gasteiger partial charge >= 0.3 is 0 Å². The first-order valence-corrected chi connectivity index (χ1v) is 9.56. The molecule has 2 aromatic carbocycles. The number of hydrogen-bond donors (Lipinski definition) is 1. The number of aromatic nitrogens is 2. The molecule has 0 aliphatic heterocycles. The lowest BCUT2D eigenvalue weighted by molar-refractivity contribution is 0.0934. The van der Waals surface area contributed by atoms with Gasteiger partial charge in [-0.1, -0.05) is 58.4 Å². The normalized spacial score (nSPS) is 11.8. The van der Waals surface area contributed by atoms with Crippen molar-refractivity contribution < 1.29 is 9.53 Å². The SMILES string of the molecule is COCCn1nc(C(=O)NC(c2ccccc2)c2ccc(Br)cc2)ccc1=O. The second kappa shape index (κ2) is 9.43. The molecule has 0 saturated heterocycles. The van der Waals surface area contributed by atoms with Crippen LogP contribution in [0.4, 0.5) is 0 Å². The second-order valence-corrected chi connectivity index (χ2v) is 7.06. The first kappa shape index (κ1) is 20.0. The summed E-state index contributed by atoms with van der Waals surface area (Å²) < 4.78 is 7.18. The number of carbonyl (C=O) groups excluding carboxylic acids is 1. The Balaban J connectivity index is 1.89. The van der Waals surface area contributed by atoms with Crippen LogP contribution in [-0.2, 0) is 11.3 Å². The number of halogens is 1. The van der Waals surface area contributed by atoms with Gasteiger partial charge in [0.2, 0.25) is 0 Å². The Bertz CT molecular complexity index is 988. The Morgan fingerprint density at radius 1 is 1.07 bits per heavy atom. The van der Waals surface area contributed by atoms with Crippen molar-refractivity contribution in [2.75, 3.05) is 13.7 Å². The van der Waals surface area contributed by atoms with E-state index in [0.29, 0.717) is 6.61 Å². The van der Waals surface area contributed by atoms with Gasteiger partial charge in [0.25, 0.3) is 11.5 Å². The highest BCUT2D eigenvalue weighted by molar-refractivity contribution is 9.10. The van der Waals surface area contributed by atoms with E-state index in [-0.39, 0.29) is 29.7 Å². The van der Waals surface area contributed by atoms with Crippen LogP contribution in [0.1, 0.15) is 27.7 Å². The minimum atomic E-state index is -0.358. The largest absolute Gasteiger partial charge is 0.383 e. The van der Waals surface area contributed by atoms with Gasteiger partial charge in [-0.25, -0.2) is 4.68 Å². The summed E-state index contributed by atoms with van der Waals surface area (Å²) in [6.45, 7) is 0.620. The molecule has 0 fully saturated rings.